The zero-order chi connectivity index (χ0) is 15.7. The maximum atomic E-state index is 12.6. The molecule has 3 nitrogen and oxygen atoms in total. The summed E-state index contributed by atoms with van der Waals surface area (Å²) >= 11 is 4.45. The molecule has 0 amide bonds. The van der Waals surface area contributed by atoms with Crippen molar-refractivity contribution in [2.75, 3.05) is 0 Å². The van der Waals surface area contributed by atoms with Crippen molar-refractivity contribution in [1.29, 1.82) is 0 Å². The van der Waals surface area contributed by atoms with E-state index in [1.807, 2.05) is 42.5 Å². The van der Waals surface area contributed by atoms with E-state index in [0.29, 0.717) is 12.3 Å². The number of rotatable bonds is 3. The monoisotopic (exact) mass is 310 g/mol. The second kappa shape index (κ2) is 5.99. The van der Waals surface area contributed by atoms with Crippen molar-refractivity contribution in [2.24, 2.45) is 12.8 Å². The van der Waals surface area contributed by atoms with Crippen LogP contribution < -0.4 is 11.3 Å². The lowest BCUT2D eigenvalue weighted by atomic mass is 9.93. The summed E-state index contributed by atoms with van der Waals surface area (Å²) in [7, 11) is 1.80. The van der Waals surface area contributed by atoms with Crippen molar-refractivity contribution in [3.63, 3.8) is 0 Å². The normalized spacial score (nSPS) is 11.0. The Balaban J connectivity index is 2.52. The second-order valence-corrected chi connectivity index (χ2v) is 5.57. The first kappa shape index (κ1) is 14.9. The SMILES string of the molecule is Cn1c(CS)c(-c2ccccc2CN)c2ccccc2c1=O. The number of nitrogens with two attached hydrogens (primary N) is 1. The summed E-state index contributed by atoms with van der Waals surface area (Å²) in [4.78, 5) is 12.6. The van der Waals surface area contributed by atoms with Crippen LogP contribution >= 0.6 is 12.6 Å². The molecule has 0 atom stereocenters. The molecular weight excluding hydrogens is 292 g/mol. The third kappa shape index (κ3) is 2.25. The Bertz CT molecular complexity index is 899. The Morgan fingerprint density at radius 2 is 1.68 bits per heavy atom. The van der Waals surface area contributed by atoms with Crippen LogP contribution in [0.3, 0.4) is 0 Å². The summed E-state index contributed by atoms with van der Waals surface area (Å²) in [5, 5.41) is 1.67. The van der Waals surface area contributed by atoms with Crippen LogP contribution in [0.2, 0.25) is 0 Å². The molecule has 0 aliphatic rings. The summed E-state index contributed by atoms with van der Waals surface area (Å²) in [6.45, 7) is 0.458. The van der Waals surface area contributed by atoms with Crippen molar-refractivity contribution in [1.82, 2.24) is 4.57 Å². The van der Waals surface area contributed by atoms with E-state index < -0.39 is 0 Å². The van der Waals surface area contributed by atoms with Crippen molar-refractivity contribution in [2.45, 2.75) is 12.3 Å². The molecule has 0 aliphatic heterocycles. The Kier molecular flexibility index (Phi) is 4.05. The highest BCUT2D eigenvalue weighted by atomic mass is 32.1. The lowest BCUT2D eigenvalue weighted by Gasteiger charge is -2.18. The van der Waals surface area contributed by atoms with E-state index in [4.69, 9.17) is 5.73 Å². The fourth-order valence-corrected chi connectivity index (χ4v) is 3.31. The molecule has 3 rings (SSSR count). The summed E-state index contributed by atoms with van der Waals surface area (Å²) in [6.07, 6.45) is 0. The molecule has 0 saturated heterocycles. The van der Waals surface area contributed by atoms with Gasteiger partial charge in [-0.2, -0.15) is 12.6 Å². The minimum absolute atomic E-state index is 0.00799. The van der Waals surface area contributed by atoms with E-state index in [1.165, 1.54) is 0 Å². The second-order valence-electron chi connectivity index (χ2n) is 5.25. The first-order valence-corrected chi connectivity index (χ1v) is 7.82. The minimum atomic E-state index is 0.00799. The number of thiol groups is 1. The fourth-order valence-electron chi connectivity index (χ4n) is 2.94. The lowest BCUT2D eigenvalue weighted by molar-refractivity contribution is 0.827. The van der Waals surface area contributed by atoms with Gasteiger partial charge in [0.05, 0.1) is 0 Å². The van der Waals surface area contributed by atoms with Gasteiger partial charge in [0.25, 0.3) is 5.56 Å². The minimum Gasteiger partial charge on any atom is -0.326 e. The molecule has 1 aromatic heterocycles. The van der Waals surface area contributed by atoms with Crippen LogP contribution in [-0.2, 0) is 19.3 Å². The van der Waals surface area contributed by atoms with Gasteiger partial charge >= 0.3 is 0 Å². The Morgan fingerprint density at radius 1 is 1.05 bits per heavy atom. The molecule has 0 bridgehead atoms. The Morgan fingerprint density at radius 3 is 2.36 bits per heavy atom. The highest BCUT2D eigenvalue weighted by Gasteiger charge is 2.16. The van der Waals surface area contributed by atoms with E-state index in [1.54, 1.807) is 11.6 Å². The predicted octanol–water partition coefficient (Wildman–Crippen LogP) is 3.09. The maximum absolute atomic E-state index is 12.6. The molecule has 1 heterocycles. The van der Waals surface area contributed by atoms with Crippen LogP contribution in [0.1, 0.15) is 11.3 Å². The van der Waals surface area contributed by atoms with Gasteiger partial charge in [0.2, 0.25) is 0 Å². The fraction of sp³-hybridized carbons (Fsp3) is 0.167. The molecule has 2 N–H and O–H groups in total. The maximum Gasteiger partial charge on any atom is 0.258 e. The van der Waals surface area contributed by atoms with Gasteiger partial charge in [0.15, 0.2) is 0 Å². The number of fused-ring (bicyclic) bond motifs is 1. The van der Waals surface area contributed by atoms with E-state index in [-0.39, 0.29) is 5.56 Å². The molecule has 112 valence electrons. The first-order valence-electron chi connectivity index (χ1n) is 7.18. The van der Waals surface area contributed by atoms with Gasteiger partial charge in [-0.15, -0.1) is 0 Å². The van der Waals surface area contributed by atoms with Crippen LogP contribution in [-0.4, -0.2) is 4.57 Å². The number of benzene rings is 2. The number of hydrogen-bond donors (Lipinski definition) is 2. The smallest absolute Gasteiger partial charge is 0.258 e. The predicted molar refractivity (Wildman–Crippen MR) is 95.2 cm³/mol. The third-order valence-corrected chi connectivity index (χ3v) is 4.38. The van der Waals surface area contributed by atoms with Crippen molar-refractivity contribution < 1.29 is 0 Å². The van der Waals surface area contributed by atoms with Gasteiger partial charge in [0, 0.05) is 36.0 Å². The largest absolute Gasteiger partial charge is 0.326 e. The summed E-state index contributed by atoms with van der Waals surface area (Å²) in [5.41, 5.74) is 10.0. The molecule has 2 aromatic carbocycles. The number of hydrogen-bond acceptors (Lipinski definition) is 3. The molecule has 0 radical (unpaired) electrons. The van der Waals surface area contributed by atoms with E-state index in [2.05, 4.69) is 18.7 Å². The summed E-state index contributed by atoms with van der Waals surface area (Å²) in [5.74, 6) is 0.491. The topological polar surface area (TPSA) is 48.0 Å². The Labute approximate surface area is 134 Å². The molecular formula is C18H18N2OS. The van der Waals surface area contributed by atoms with E-state index in [0.717, 1.165) is 33.2 Å². The average molecular weight is 310 g/mol. The zero-order valence-electron chi connectivity index (χ0n) is 12.4. The molecule has 0 unspecified atom stereocenters. The molecule has 4 heteroatoms. The Hall–Kier alpha value is -2.04. The molecule has 0 saturated carbocycles. The van der Waals surface area contributed by atoms with Gasteiger partial charge in [-0.05, 0) is 22.6 Å². The molecule has 0 fully saturated rings. The van der Waals surface area contributed by atoms with Crippen LogP contribution in [0.15, 0.2) is 53.3 Å². The summed E-state index contributed by atoms with van der Waals surface area (Å²) < 4.78 is 1.69. The van der Waals surface area contributed by atoms with Gasteiger partial charge in [-0.3, -0.25) is 4.79 Å². The number of pyridine rings is 1. The van der Waals surface area contributed by atoms with Crippen molar-refractivity contribution in [3.05, 3.63) is 70.1 Å². The van der Waals surface area contributed by atoms with Crippen LogP contribution in [0.4, 0.5) is 0 Å². The molecule has 0 spiro atoms. The third-order valence-electron chi connectivity index (χ3n) is 4.08. The molecule has 0 aliphatic carbocycles. The summed E-state index contributed by atoms with van der Waals surface area (Å²) in [6, 6.07) is 15.8. The zero-order valence-corrected chi connectivity index (χ0v) is 13.3. The molecule has 22 heavy (non-hydrogen) atoms. The van der Waals surface area contributed by atoms with Crippen LogP contribution in [0.25, 0.3) is 21.9 Å². The van der Waals surface area contributed by atoms with Crippen LogP contribution in [0.5, 0.6) is 0 Å². The highest BCUT2D eigenvalue weighted by molar-refractivity contribution is 7.79. The van der Waals surface area contributed by atoms with Crippen molar-refractivity contribution >= 4 is 23.4 Å². The van der Waals surface area contributed by atoms with E-state index >= 15 is 0 Å². The molecule has 3 aromatic rings. The number of aromatic nitrogens is 1. The van der Waals surface area contributed by atoms with Gasteiger partial charge in [-0.1, -0.05) is 42.5 Å². The van der Waals surface area contributed by atoms with Gasteiger partial charge < -0.3 is 10.3 Å². The van der Waals surface area contributed by atoms with Gasteiger partial charge in [-0.25, -0.2) is 0 Å². The average Bonchev–Trinajstić information content (AvgIpc) is 2.58. The highest BCUT2D eigenvalue weighted by Crippen LogP contribution is 2.33. The van der Waals surface area contributed by atoms with Crippen LogP contribution in [0, 0.1) is 0 Å². The van der Waals surface area contributed by atoms with Gasteiger partial charge in [0.1, 0.15) is 0 Å². The van der Waals surface area contributed by atoms with E-state index in [9.17, 15) is 4.79 Å². The quantitative estimate of drug-likeness (QED) is 0.730. The van der Waals surface area contributed by atoms with Crippen molar-refractivity contribution in [3.8, 4) is 11.1 Å². The standard InChI is InChI=1S/C18H18N2OS/c1-20-16(11-22)17(13-7-3-2-6-12(13)10-19)14-8-4-5-9-15(14)18(20)21/h2-9,22H,10-11,19H2,1H3. The first-order chi connectivity index (χ1) is 10.7. The lowest BCUT2D eigenvalue weighted by Crippen LogP contribution is -2.21. The number of nitrogens with zero attached hydrogens (tertiary/aromatic N) is 1.